The molecule has 4 nitrogen and oxygen atoms in total. The minimum absolute atomic E-state index is 0.0149. The van der Waals surface area contributed by atoms with Gasteiger partial charge < -0.3 is 9.15 Å². The molecule has 0 saturated heterocycles. The average molecular weight is 294 g/mol. The second kappa shape index (κ2) is 5.85. The van der Waals surface area contributed by atoms with Crippen LogP contribution in [0.3, 0.4) is 0 Å². The number of aldehydes is 1. The molecule has 0 fully saturated rings. The summed E-state index contributed by atoms with van der Waals surface area (Å²) in [5.74, 6) is 0.609. The van der Waals surface area contributed by atoms with Crippen LogP contribution in [0.4, 0.5) is 0 Å². The van der Waals surface area contributed by atoms with Gasteiger partial charge in [0, 0.05) is 6.07 Å². The fourth-order valence-electron chi connectivity index (χ4n) is 2.23. The first-order valence-electron chi connectivity index (χ1n) is 6.87. The molecule has 0 atom stereocenters. The maximum atomic E-state index is 12.0. The fraction of sp³-hybridized carbons (Fsp3) is 0.111. The number of aryl methyl sites for hydroxylation is 1. The van der Waals surface area contributed by atoms with Crippen molar-refractivity contribution in [1.82, 2.24) is 0 Å². The largest absolute Gasteiger partial charge is 0.489 e. The number of hydrogen-bond acceptors (Lipinski definition) is 4. The van der Waals surface area contributed by atoms with E-state index >= 15 is 0 Å². The van der Waals surface area contributed by atoms with Crippen LogP contribution >= 0.6 is 0 Å². The van der Waals surface area contributed by atoms with E-state index in [0.29, 0.717) is 29.6 Å². The molecule has 0 spiro atoms. The van der Waals surface area contributed by atoms with Gasteiger partial charge in [-0.2, -0.15) is 0 Å². The van der Waals surface area contributed by atoms with E-state index in [0.717, 1.165) is 11.1 Å². The van der Waals surface area contributed by atoms with E-state index in [1.54, 1.807) is 18.2 Å². The summed E-state index contributed by atoms with van der Waals surface area (Å²) in [4.78, 5) is 22.7. The summed E-state index contributed by atoms with van der Waals surface area (Å²) in [7, 11) is 0. The molecule has 3 aromatic rings. The molecule has 0 N–H and O–H groups in total. The van der Waals surface area contributed by atoms with Crippen molar-refractivity contribution in [2.75, 3.05) is 0 Å². The van der Waals surface area contributed by atoms with E-state index in [1.807, 2.05) is 31.2 Å². The van der Waals surface area contributed by atoms with E-state index in [4.69, 9.17) is 9.15 Å². The topological polar surface area (TPSA) is 56.5 Å². The Bertz CT molecular complexity index is 893. The summed E-state index contributed by atoms with van der Waals surface area (Å²) in [5.41, 5.74) is 2.34. The van der Waals surface area contributed by atoms with Gasteiger partial charge in [0.2, 0.25) is 5.43 Å². The Balaban J connectivity index is 1.88. The highest BCUT2D eigenvalue weighted by molar-refractivity contribution is 5.84. The average Bonchev–Trinajstić information content (AvgIpc) is 2.54. The third-order valence-corrected chi connectivity index (χ3v) is 3.56. The first-order valence-corrected chi connectivity index (χ1v) is 6.87. The lowest BCUT2D eigenvalue weighted by molar-refractivity contribution is 0.112. The van der Waals surface area contributed by atoms with E-state index in [9.17, 15) is 9.59 Å². The number of carbonyl (C=O) groups excluding carboxylic acids is 1. The van der Waals surface area contributed by atoms with Crippen LogP contribution in [-0.2, 0) is 6.61 Å². The number of rotatable bonds is 4. The third kappa shape index (κ3) is 2.63. The monoisotopic (exact) mass is 294 g/mol. The minimum atomic E-state index is -0.332. The molecule has 1 heterocycles. The predicted octanol–water partition coefficient (Wildman–Crippen LogP) is 3.49. The van der Waals surface area contributed by atoms with Crippen LogP contribution < -0.4 is 10.2 Å². The molecular weight excluding hydrogens is 280 g/mol. The normalized spacial score (nSPS) is 10.6. The summed E-state index contributed by atoms with van der Waals surface area (Å²) in [5, 5.41) is 0.368. The molecule has 0 bridgehead atoms. The van der Waals surface area contributed by atoms with Crippen molar-refractivity contribution in [2.45, 2.75) is 13.5 Å². The molecule has 0 aliphatic heterocycles. The number of carbonyl (C=O) groups is 1. The van der Waals surface area contributed by atoms with Gasteiger partial charge in [-0.1, -0.05) is 24.3 Å². The predicted molar refractivity (Wildman–Crippen MR) is 83.4 cm³/mol. The van der Waals surface area contributed by atoms with Gasteiger partial charge in [-0.05, 0) is 30.2 Å². The van der Waals surface area contributed by atoms with Gasteiger partial charge in [0.1, 0.15) is 24.2 Å². The molecule has 0 aliphatic rings. The maximum absolute atomic E-state index is 12.0. The number of benzene rings is 2. The lowest BCUT2D eigenvalue weighted by Crippen LogP contribution is -2.07. The Morgan fingerprint density at radius 1 is 1.18 bits per heavy atom. The Morgan fingerprint density at radius 2 is 2.00 bits per heavy atom. The molecule has 4 heteroatoms. The highest BCUT2D eigenvalue weighted by Crippen LogP contribution is 2.20. The molecule has 110 valence electrons. The summed E-state index contributed by atoms with van der Waals surface area (Å²) < 4.78 is 11.1. The van der Waals surface area contributed by atoms with Crippen molar-refractivity contribution in [1.29, 1.82) is 0 Å². The highest BCUT2D eigenvalue weighted by Gasteiger charge is 2.07. The lowest BCUT2D eigenvalue weighted by Gasteiger charge is -2.09. The van der Waals surface area contributed by atoms with Crippen LogP contribution in [0.25, 0.3) is 11.0 Å². The van der Waals surface area contributed by atoms with Crippen molar-refractivity contribution in [2.24, 2.45) is 0 Å². The van der Waals surface area contributed by atoms with Gasteiger partial charge in [-0.3, -0.25) is 9.59 Å². The molecule has 0 radical (unpaired) electrons. The van der Waals surface area contributed by atoms with E-state index in [-0.39, 0.29) is 11.0 Å². The van der Waals surface area contributed by atoms with Crippen LogP contribution in [0.1, 0.15) is 21.5 Å². The molecule has 22 heavy (non-hydrogen) atoms. The van der Waals surface area contributed by atoms with Gasteiger partial charge in [0.25, 0.3) is 0 Å². The smallest absolute Gasteiger partial charge is 0.203 e. The Morgan fingerprint density at radius 3 is 2.77 bits per heavy atom. The van der Waals surface area contributed by atoms with E-state index in [2.05, 4.69) is 0 Å². The van der Waals surface area contributed by atoms with Gasteiger partial charge >= 0.3 is 0 Å². The number of ether oxygens (including phenoxy) is 1. The summed E-state index contributed by atoms with van der Waals surface area (Å²) in [6, 6.07) is 12.9. The second-order valence-electron chi connectivity index (χ2n) is 5.01. The van der Waals surface area contributed by atoms with Crippen molar-refractivity contribution in [3.63, 3.8) is 0 Å². The summed E-state index contributed by atoms with van der Waals surface area (Å²) >= 11 is 0. The molecule has 1 aromatic heterocycles. The van der Waals surface area contributed by atoms with Gasteiger partial charge in [0.15, 0.2) is 6.29 Å². The van der Waals surface area contributed by atoms with E-state index in [1.165, 1.54) is 6.26 Å². The highest BCUT2D eigenvalue weighted by atomic mass is 16.5. The first kappa shape index (κ1) is 14.1. The molecule has 0 aliphatic carbocycles. The zero-order chi connectivity index (χ0) is 15.5. The van der Waals surface area contributed by atoms with Crippen LogP contribution in [0.2, 0.25) is 0 Å². The van der Waals surface area contributed by atoms with Crippen LogP contribution in [0.15, 0.2) is 57.9 Å². The standard InChI is InChI=1S/C18H14O4/c1-12-4-2-3-5-13(12)10-21-15-6-7-16-17(8-15)22-11-14(9-19)18(16)20/h2-9,11H,10H2,1H3. The van der Waals surface area contributed by atoms with Crippen molar-refractivity contribution >= 4 is 17.3 Å². The number of hydrogen-bond donors (Lipinski definition) is 0. The van der Waals surface area contributed by atoms with Crippen LogP contribution in [0, 0.1) is 6.92 Å². The number of fused-ring (bicyclic) bond motifs is 1. The first-order chi connectivity index (χ1) is 10.7. The maximum Gasteiger partial charge on any atom is 0.203 e. The molecular formula is C18H14O4. The second-order valence-corrected chi connectivity index (χ2v) is 5.01. The Labute approximate surface area is 127 Å². The molecule has 0 saturated carbocycles. The quantitative estimate of drug-likeness (QED) is 0.691. The van der Waals surface area contributed by atoms with Gasteiger partial charge in [0.05, 0.1) is 10.9 Å². The van der Waals surface area contributed by atoms with Crippen molar-refractivity contribution in [3.05, 3.63) is 75.6 Å². The third-order valence-electron chi connectivity index (χ3n) is 3.56. The van der Waals surface area contributed by atoms with Crippen LogP contribution in [0.5, 0.6) is 5.75 Å². The molecule has 3 rings (SSSR count). The minimum Gasteiger partial charge on any atom is -0.489 e. The van der Waals surface area contributed by atoms with Gasteiger partial charge in [-0.15, -0.1) is 0 Å². The van der Waals surface area contributed by atoms with Crippen molar-refractivity contribution < 1.29 is 13.9 Å². The van der Waals surface area contributed by atoms with E-state index < -0.39 is 0 Å². The zero-order valence-electron chi connectivity index (χ0n) is 12.0. The van der Waals surface area contributed by atoms with Crippen LogP contribution in [-0.4, -0.2) is 6.29 Å². The molecule has 0 unspecified atom stereocenters. The summed E-state index contributed by atoms with van der Waals surface area (Å²) in [6.07, 6.45) is 1.66. The molecule has 0 amide bonds. The van der Waals surface area contributed by atoms with Crippen molar-refractivity contribution in [3.8, 4) is 5.75 Å². The summed E-state index contributed by atoms with van der Waals surface area (Å²) in [6.45, 7) is 2.47. The molecule has 2 aromatic carbocycles. The Hall–Kier alpha value is -2.88. The SMILES string of the molecule is Cc1ccccc1COc1ccc2c(=O)c(C=O)coc2c1. The fourth-order valence-corrected chi connectivity index (χ4v) is 2.23. The van der Waals surface area contributed by atoms with Gasteiger partial charge in [-0.25, -0.2) is 0 Å². The lowest BCUT2D eigenvalue weighted by atomic mass is 10.1. The zero-order valence-corrected chi connectivity index (χ0v) is 12.0. The Kier molecular flexibility index (Phi) is 3.74.